The van der Waals surface area contributed by atoms with E-state index in [1.54, 1.807) is 12.1 Å². The molecule has 23 heavy (non-hydrogen) atoms. The van der Waals surface area contributed by atoms with Gasteiger partial charge in [-0.1, -0.05) is 25.4 Å². The van der Waals surface area contributed by atoms with Crippen molar-refractivity contribution in [2.24, 2.45) is 11.8 Å². The summed E-state index contributed by atoms with van der Waals surface area (Å²) in [6, 6.07) is 7.22. The summed E-state index contributed by atoms with van der Waals surface area (Å²) >= 11 is 5.87. The van der Waals surface area contributed by atoms with E-state index in [0.717, 1.165) is 18.7 Å². The molecular formula is C16H20ClN5O. The van der Waals surface area contributed by atoms with E-state index in [1.807, 2.05) is 17.0 Å². The van der Waals surface area contributed by atoms with Gasteiger partial charge in [-0.15, -0.1) is 10.2 Å². The normalized spacial score (nSPS) is 21.4. The minimum atomic E-state index is 0.0449. The minimum Gasteiger partial charge on any atom is -0.340 e. The molecule has 1 saturated heterocycles. The third-order valence-electron chi connectivity index (χ3n) is 4.05. The van der Waals surface area contributed by atoms with Gasteiger partial charge in [-0.25, -0.2) is 0 Å². The molecule has 1 aromatic carbocycles. The average molecular weight is 334 g/mol. The molecule has 0 N–H and O–H groups in total. The van der Waals surface area contributed by atoms with E-state index in [-0.39, 0.29) is 12.5 Å². The van der Waals surface area contributed by atoms with Gasteiger partial charge in [-0.2, -0.15) is 4.80 Å². The lowest BCUT2D eigenvalue weighted by atomic mass is 9.92. The van der Waals surface area contributed by atoms with Crippen molar-refractivity contribution < 1.29 is 4.79 Å². The minimum absolute atomic E-state index is 0.0449. The number of carbonyl (C=O) groups excluding carboxylic acids is 1. The first-order valence-corrected chi connectivity index (χ1v) is 8.20. The number of carbonyl (C=O) groups is 1. The van der Waals surface area contributed by atoms with Gasteiger partial charge in [0.15, 0.2) is 0 Å². The second kappa shape index (κ2) is 6.66. The van der Waals surface area contributed by atoms with Crippen molar-refractivity contribution in [3.8, 4) is 11.4 Å². The Morgan fingerprint density at radius 3 is 2.52 bits per heavy atom. The predicted octanol–water partition coefficient (Wildman–Crippen LogP) is 2.50. The van der Waals surface area contributed by atoms with Gasteiger partial charge in [0.2, 0.25) is 11.7 Å². The van der Waals surface area contributed by atoms with Crippen molar-refractivity contribution >= 4 is 17.5 Å². The standard InChI is InChI=1S/C16H20ClN5O/c1-11-7-12(2)9-21(8-11)15(23)10-22-19-16(18-20-22)13-3-5-14(17)6-4-13/h3-6,11-12H,7-10H2,1-2H3. The van der Waals surface area contributed by atoms with Crippen molar-refractivity contribution in [1.29, 1.82) is 0 Å². The highest BCUT2D eigenvalue weighted by molar-refractivity contribution is 6.30. The summed E-state index contributed by atoms with van der Waals surface area (Å²) in [5, 5.41) is 12.9. The quantitative estimate of drug-likeness (QED) is 0.865. The molecule has 6 nitrogen and oxygen atoms in total. The zero-order valence-corrected chi connectivity index (χ0v) is 14.1. The van der Waals surface area contributed by atoms with E-state index in [2.05, 4.69) is 29.3 Å². The molecule has 0 radical (unpaired) electrons. The Morgan fingerprint density at radius 2 is 1.87 bits per heavy atom. The van der Waals surface area contributed by atoms with E-state index in [0.29, 0.717) is 22.7 Å². The third-order valence-corrected chi connectivity index (χ3v) is 4.31. The molecule has 2 atom stereocenters. The molecule has 0 bridgehead atoms. The molecule has 0 spiro atoms. The molecule has 2 aromatic rings. The molecule has 0 saturated carbocycles. The molecule has 0 aliphatic carbocycles. The van der Waals surface area contributed by atoms with Crippen LogP contribution in [0.25, 0.3) is 11.4 Å². The summed E-state index contributed by atoms with van der Waals surface area (Å²) in [5.74, 6) is 1.62. The first-order chi connectivity index (χ1) is 11.0. The van der Waals surface area contributed by atoms with Crippen LogP contribution in [-0.4, -0.2) is 44.1 Å². The Labute approximate surface area is 140 Å². The van der Waals surface area contributed by atoms with Crippen molar-refractivity contribution in [1.82, 2.24) is 25.1 Å². The highest BCUT2D eigenvalue weighted by Crippen LogP contribution is 2.21. The summed E-state index contributed by atoms with van der Waals surface area (Å²) in [7, 11) is 0. The van der Waals surface area contributed by atoms with Crippen LogP contribution < -0.4 is 0 Å². The Kier molecular flexibility index (Phi) is 4.61. The molecule has 122 valence electrons. The van der Waals surface area contributed by atoms with Gasteiger partial charge in [0.25, 0.3) is 0 Å². The molecule has 3 rings (SSSR count). The maximum Gasteiger partial charge on any atom is 0.246 e. The fourth-order valence-electron chi connectivity index (χ4n) is 3.11. The highest BCUT2D eigenvalue weighted by atomic mass is 35.5. The lowest BCUT2D eigenvalue weighted by Gasteiger charge is -2.34. The number of amides is 1. The number of hydrogen-bond donors (Lipinski definition) is 0. The summed E-state index contributed by atoms with van der Waals surface area (Å²) in [6.07, 6.45) is 1.17. The van der Waals surface area contributed by atoms with Crippen LogP contribution in [0.2, 0.25) is 5.02 Å². The van der Waals surface area contributed by atoms with Crippen LogP contribution in [0.4, 0.5) is 0 Å². The fourth-order valence-corrected chi connectivity index (χ4v) is 3.24. The molecule has 1 fully saturated rings. The topological polar surface area (TPSA) is 63.9 Å². The maximum atomic E-state index is 12.4. The Bertz CT molecular complexity index is 674. The smallest absolute Gasteiger partial charge is 0.246 e. The number of aromatic nitrogens is 4. The van der Waals surface area contributed by atoms with Crippen LogP contribution in [0.3, 0.4) is 0 Å². The number of benzene rings is 1. The van der Waals surface area contributed by atoms with Crippen LogP contribution in [0.5, 0.6) is 0 Å². The highest BCUT2D eigenvalue weighted by Gasteiger charge is 2.25. The van der Waals surface area contributed by atoms with Gasteiger partial charge in [0.05, 0.1) is 0 Å². The zero-order chi connectivity index (χ0) is 16.4. The fraction of sp³-hybridized carbons (Fsp3) is 0.500. The van der Waals surface area contributed by atoms with Crippen molar-refractivity contribution in [3.63, 3.8) is 0 Å². The van der Waals surface area contributed by atoms with Crippen LogP contribution in [0.15, 0.2) is 24.3 Å². The van der Waals surface area contributed by atoms with Gasteiger partial charge in [0.1, 0.15) is 6.54 Å². The van der Waals surface area contributed by atoms with Gasteiger partial charge < -0.3 is 4.90 Å². The van der Waals surface area contributed by atoms with E-state index in [1.165, 1.54) is 11.2 Å². The third kappa shape index (κ3) is 3.88. The van der Waals surface area contributed by atoms with Crippen LogP contribution in [0, 0.1) is 11.8 Å². The van der Waals surface area contributed by atoms with Crippen LogP contribution >= 0.6 is 11.6 Å². The predicted molar refractivity (Wildman–Crippen MR) is 87.8 cm³/mol. The molecule has 1 aliphatic rings. The van der Waals surface area contributed by atoms with Gasteiger partial charge in [0, 0.05) is 23.7 Å². The molecule has 2 heterocycles. The first kappa shape index (κ1) is 15.9. The second-order valence-electron chi connectivity index (χ2n) is 6.40. The van der Waals surface area contributed by atoms with E-state index < -0.39 is 0 Å². The Balaban J connectivity index is 1.66. The van der Waals surface area contributed by atoms with Crippen molar-refractivity contribution in [2.75, 3.05) is 13.1 Å². The SMILES string of the molecule is CC1CC(C)CN(C(=O)Cn2nnc(-c3ccc(Cl)cc3)n2)C1. The molecule has 7 heteroatoms. The molecular weight excluding hydrogens is 314 g/mol. The molecule has 1 amide bonds. The van der Waals surface area contributed by atoms with E-state index >= 15 is 0 Å². The van der Waals surface area contributed by atoms with Crippen LogP contribution in [-0.2, 0) is 11.3 Å². The van der Waals surface area contributed by atoms with Crippen molar-refractivity contribution in [2.45, 2.75) is 26.8 Å². The molecule has 1 aromatic heterocycles. The van der Waals surface area contributed by atoms with Gasteiger partial charge in [-0.05, 0) is 47.7 Å². The maximum absolute atomic E-state index is 12.4. The lowest BCUT2D eigenvalue weighted by molar-refractivity contribution is -0.135. The number of nitrogens with zero attached hydrogens (tertiary/aromatic N) is 5. The van der Waals surface area contributed by atoms with Crippen molar-refractivity contribution in [3.05, 3.63) is 29.3 Å². The largest absolute Gasteiger partial charge is 0.340 e. The summed E-state index contributed by atoms with van der Waals surface area (Å²) in [5.41, 5.74) is 0.827. The summed E-state index contributed by atoms with van der Waals surface area (Å²) in [6.45, 7) is 6.11. The number of rotatable bonds is 3. The van der Waals surface area contributed by atoms with Gasteiger partial charge >= 0.3 is 0 Å². The zero-order valence-electron chi connectivity index (χ0n) is 13.3. The second-order valence-corrected chi connectivity index (χ2v) is 6.83. The number of tetrazole rings is 1. The monoisotopic (exact) mass is 333 g/mol. The number of halogens is 1. The van der Waals surface area contributed by atoms with E-state index in [4.69, 9.17) is 11.6 Å². The number of likely N-dealkylation sites (tertiary alicyclic amines) is 1. The molecule has 2 unspecified atom stereocenters. The molecule has 1 aliphatic heterocycles. The summed E-state index contributed by atoms with van der Waals surface area (Å²) < 4.78 is 0. The first-order valence-electron chi connectivity index (χ1n) is 7.83. The Morgan fingerprint density at radius 1 is 1.22 bits per heavy atom. The Hall–Kier alpha value is -1.95. The lowest BCUT2D eigenvalue weighted by Crippen LogP contribution is -2.44. The average Bonchev–Trinajstić information content (AvgIpc) is 2.95. The number of hydrogen-bond acceptors (Lipinski definition) is 4. The summed E-state index contributed by atoms with van der Waals surface area (Å²) in [4.78, 5) is 15.7. The number of piperidine rings is 1. The van der Waals surface area contributed by atoms with Crippen LogP contribution in [0.1, 0.15) is 20.3 Å². The van der Waals surface area contributed by atoms with E-state index in [9.17, 15) is 4.79 Å². The van der Waals surface area contributed by atoms with Gasteiger partial charge in [-0.3, -0.25) is 4.79 Å².